The summed E-state index contributed by atoms with van der Waals surface area (Å²) in [5.74, 6) is 0.706. The Labute approximate surface area is 119 Å². The standard InChI is InChI=1S/C13H17Br2NO/c1-13(2)5-3-10(4-6-13)17-12-11(15)7-9(14)8-16-12/h7-8,10H,3-6H2,1-2H3. The maximum atomic E-state index is 5.96. The maximum Gasteiger partial charge on any atom is 0.228 e. The van der Waals surface area contributed by atoms with Crippen molar-refractivity contribution in [1.82, 2.24) is 4.98 Å². The van der Waals surface area contributed by atoms with Gasteiger partial charge in [-0.1, -0.05) is 13.8 Å². The third-order valence-electron chi connectivity index (χ3n) is 3.34. The number of hydrogen-bond donors (Lipinski definition) is 0. The van der Waals surface area contributed by atoms with E-state index in [0.717, 1.165) is 21.8 Å². The van der Waals surface area contributed by atoms with Crippen molar-refractivity contribution in [2.45, 2.75) is 45.6 Å². The first-order chi connectivity index (χ1) is 7.96. The summed E-state index contributed by atoms with van der Waals surface area (Å²) in [6, 6.07) is 1.97. The highest BCUT2D eigenvalue weighted by molar-refractivity contribution is 9.11. The van der Waals surface area contributed by atoms with Crippen molar-refractivity contribution in [3.63, 3.8) is 0 Å². The molecule has 0 unspecified atom stereocenters. The van der Waals surface area contributed by atoms with Crippen molar-refractivity contribution >= 4 is 31.9 Å². The molecule has 1 aliphatic carbocycles. The average molecular weight is 363 g/mol. The quantitative estimate of drug-likeness (QED) is 0.742. The minimum atomic E-state index is 0.313. The van der Waals surface area contributed by atoms with Crippen LogP contribution in [0.2, 0.25) is 0 Å². The summed E-state index contributed by atoms with van der Waals surface area (Å²) >= 11 is 6.87. The van der Waals surface area contributed by atoms with E-state index in [9.17, 15) is 0 Å². The number of hydrogen-bond acceptors (Lipinski definition) is 2. The normalized spacial score (nSPS) is 20.2. The Hall–Kier alpha value is -0.0900. The highest BCUT2D eigenvalue weighted by Gasteiger charge is 2.28. The third kappa shape index (κ3) is 3.68. The van der Waals surface area contributed by atoms with Crippen molar-refractivity contribution in [3.05, 3.63) is 21.2 Å². The fourth-order valence-corrected chi connectivity index (χ4v) is 3.22. The summed E-state index contributed by atoms with van der Waals surface area (Å²) in [5, 5.41) is 0. The molecule has 17 heavy (non-hydrogen) atoms. The lowest BCUT2D eigenvalue weighted by Crippen LogP contribution is -2.28. The summed E-state index contributed by atoms with van der Waals surface area (Å²) < 4.78 is 7.83. The highest BCUT2D eigenvalue weighted by Crippen LogP contribution is 2.37. The van der Waals surface area contributed by atoms with E-state index in [0.29, 0.717) is 17.4 Å². The van der Waals surface area contributed by atoms with Gasteiger partial charge in [0, 0.05) is 10.7 Å². The Morgan fingerprint density at radius 1 is 1.29 bits per heavy atom. The number of rotatable bonds is 2. The van der Waals surface area contributed by atoms with Crippen LogP contribution in [0.3, 0.4) is 0 Å². The second kappa shape index (κ2) is 5.27. The van der Waals surface area contributed by atoms with E-state index < -0.39 is 0 Å². The van der Waals surface area contributed by atoms with Crippen LogP contribution in [0.25, 0.3) is 0 Å². The van der Waals surface area contributed by atoms with Gasteiger partial charge in [-0.3, -0.25) is 0 Å². The summed E-state index contributed by atoms with van der Waals surface area (Å²) in [7, 11) is 0. The zero-order chi connectivity index (χ0) is 12.5. The second-order valence-electron chi connectivity index (χ2n) is 5.42. The molecular weight excluding hydrogens is 346 g/mol. The molecule has 0 atom stereocenters. The van der Waals surface area contributed by atoms with Gasteiger partial charge in [0.05, 0.1) is 4.47 Å². The molecule has 2 rings (SSSR count). The van der Waals surface area contributed by atoms with Crippen molar-refractivity contribution in [2.75, 3.05) is 0 Å². The Bertz CT molecular complexity index is 396. The Morgan fingerprint density at radius 3 is 2.53 bits per heavy atom. The molecule has 0 radical (unpaired) electrons. The first-order valence-corrected chi connectivity index (χ1v) is 7.53. The predicted molar refractivity (Wildman–Crippen MR) is 76.3 cm³/mol. The van der Waals surface area contributed by atoms with Crippen LogP contribution in [-0.4, -0.2) is 11.1 Å². The van der Waals surface area contributed by atoms with Gasteiger partial charge in [-0.15, -0.1) is 0 Å². The molecule has 1 aromatic heterocycles. The molecule has 0 spiro atoms. The lowest BCUT2D eigenvalue weighted by atomic mass is 9.76. The van der Waals surface area contributed by atoms with Crippen LogP contribution in [-0.2, 0) is 0 Å². The molecule has 1 aliphatic rings. The number of nitrogens with zero attached hydrogens (tertiary/aromatic N) is 1. The smallest absolute Gasteiger partial charge is 0.228 e. The minimum absolute atomic E-state index is 0.313. The topological polar surface area (TPSA) is 22.1 Å². The van der Waals surface area contributed by atoms with Crippen LogP contribution in [0.4, 0.5) is 0 Å². The zero-order valence-corrected chi connectivity index (χ0v) is 13.3. The van der Waals surface area contributed by atoms with Crippen molar-refractivity contribution in [2.24, 2.45) is 5.41 Å². The largest absolute Gasteiger partial charge is 0.474 e. The summed E-state index contributed by atoms with van der Waals surface area (Å²) in [4.78, 5) is 4.29. The highest BCUT2D eigenvalue weighted by atomic mass is 79.9. The van der Waals surface area contributed by atoms with Gasteiger partial charge in [0.25, 0.3) is 0 Å². The van der Waals surface area contributed by atoms with Crippen LogP contribution >= 0.6 is 31.9 Å². The molecule has 1 aromatic rings. The molecule has 1 fully saturated rings. The van der Waals surface area contributed by atoms with Gasteiger partial charge in [-0.05, 0) is 69.0 Å². The first-order valence-electron chi connectivity index (χ1n) is 5.94. The number of halogens is 2. The molecule has 0 saturated heterocycles. The van der Waals surface area contributed by atoms with Gasteiger partial charge in [0.1, 0.15) is 6.10 Å². The fraction of sp³-hybridized carbons (Fsp3) is 0.615. The van der Waals surface area contributed by atoms with Crippen LogP contribution in [0.5, 0.6) is 5.88 Å². The Balaban J connectivity index is 1.98. The third-order valence-corrected chi connectivity index (χ3v) is 4.34. The van der Waals surface area contributed by atoms with E-state index in [1.165, 1.54) is 12.8 Å². The van der Waals surface area contributed by atoms with Crippen molar-refractivity contribution < 1.29 is 4.74 Å². The van der Waals surface area contributed by atoms with E-state index in [-0.39, 0.29) is 0 Å². The summed E-state index contributed by atoms with van der Waals surface area (Å²) in [6.07, 6.45) is 6.78. The molecule has 94 valence electrons. The van der Waals surface area contributed by atoms with Crippen LogP contribution in [0, 0.1) is 5.41 Å². The maximum absolute atomic E-state index is 5.96. The van der Waals surface area contributed by atoms with Gasteiger partial charge in [0.15, 0.2) is 0 Å². The molecule has 0 aromatic carbocycles. The number of ether oxygens (including phenoxy) is 1. The molecule has 0 aliphatic heterocycles. The first kappa shape index (κ1) is 13.3. The Morgan fingerprint density at radius 2 is 1.94 bits per heavy atom. The van der Waals surface area contributed by atoms with Crippen molar-refractivity contribution in [3.8, 4) is 5.88 Å². The van der Waals surface area contributed by atoms with E-state index in [1.54, 1.807) is 6.20 Å². The van der Waals surface area contributed by atoms with Crippen LogP contribution < -0.4 is 4.74 Å². The lowest BCUT2D eigenvalue weighted by molar-refractivity contribution is 0.0942. The van der Waals surface area contributed by atoms with Gasteiger partial charge < -0.3 is 4.74 Å². The number of pyridine rings is 1. The molecule has 1 heterocycles. The zero-order valence-electron chi connectivity index (χ0n) is 10.2. The number of aromatic nitrogens is 1. The second-order valence-corrected chi connectivity index (χ2v) is 7.19. The summed E-state index contributed by atoms with van der Waals surface area (Å²) in [6.45, 7) is 4.66. The molecule has 2 nitrogen and oxygen atoms in total. The van der Waals surface area contributed by atoms with E-state index in [2.05, 4.69) is 50.7 Å². The fourth-order valence-electron chi connectivity index (χ4n) is 2.14. The minimum Gasteiger partial charge on any atom is -0.474 e. The molecule has 4 heteroatoms. The van der Waals surface area contributed by atoms with Crippen molar-refractivity contribution in [1.29, 1.82) is 0 Å². The Kier molecular flexibility index (Phi) is 4.14. The molecular formula is C13H17Br2NO. The van der Waals surface area contributed by atoms with Gasteiger partial charge in [-0.2, -0.15) is 0 Å². The van der Waals surface area contributed by atoms with Crippen LogP contribution in [0.15, 0.2) is 21.2 Å². The average Bonchev–Trinajstić information content (AvgIpc) is 2.25. The lowest BCUT2D eigenvalue weighted by Gasteiger charge is -2.34. The van der Waals surface area contributed by atoms with Gasteiger partial charge in [0.2, 0.25) is 5.88 Å². The monoisotopic (exact) mass is 361 g/mol. The van der Waals surface area contributed by atoms with E-state index in [1.807, 2.05) is 6.07 Å². The van der Waals surface area contributed by atoms with E-state index in [4.69, 9.17) is 4.74 Å². The predicted octanol–water partition coefficient (Wildman–Crippen LogP) is 4.95. The van der Waals surface area contributed by atoms with Gasteiger partial charge >= 0.3 is 0 Å². The van der Waals surface area contributed by atoms with E-state index >= 15 is 0 Å². The molecule has 1 saturated carbocycles. The summed E-state index contributed by atoms with van der Waals surface area (Å²) in [5.41, 5.74) is 0.476. The SMILES string of the molecule is CC1(C)CCC(Oc2ncc(Br)cc2Br)CC1. The molecule has 0 amide bonds. The van der Waals surface area contributed by atoms with Gasteiger partial charge in [-0.25, -0.2) is 4.98 Å². The molecule has 0 bridgehead atoms. The molecule has 0 N–H and O–H groups in total. The van der Waals surface area contributed by atoms with Crippen LogP contribution in [0.1, 0.15) is 39.5 Å².